The van der Waals surface area contributed by atoms with Crippen LogP contribution in [0, 0.1) is 6.92 Å². The van der Waals surface area contributed by atoms with Crippen molar-refractivity contribution in [3.63, 3.8) is 0 Å². The first-order valence-electron chi connectivity index (χ1n) is 4.07. The van der Waals surface area contributed by atoms with Gasteiger partial charge in [-0.05, 0) is 18.6 Å². The summed E-state index contributed by atoms with van der Waals surface area (Å²) >= 11 is 0. The number of carbonyl (C=O) groups excluding carboxylic acids is 1. The number of ether oxygens (including phenoxy) is 1. The Kier molecular flexibility index (Phi) is 3.18. The van der Waals surface area contributed by atoms with Gasteiger partial charge in [0.1, 0.15) is 5.56 Å². The summed E-state index contributed by atoms with van der Waals surface area (Å²) in [5, 5.41) is 0. The minimum absolute atomic E-state index is 0.144. The molecular weight excluding hydrogens is 208 g/mol. The Morgan fingerprint density at radius 3 is 2.60 bits per heavy atom. The minimum Gasteiger partial charge on any atom is -0.465 e. The molecule has 0 radical (unpaired) electrons. The fourth-order valence-electron chi connectivity index (χ4n) is 1.14. The summed E-state index contributed by atoms with van der Waals surface area (Å²) in [6.07, 6.45) is -2.77. The van der Waals surface area contributed by atoms with Crippen LogP contribution in [0.2, 0.25) is 0 Å². The Bertz CT molecular complexity index is 439. The standard InChI is InChI=1S/C9H9F2NO3/c1-4-3-5(9(14)15-2)8(13)12-6(4)7(10)11/h3,7H,1-2H3,(H,12,13). The number of H-pyrrole nitrogens is 1. The van der Waals surface area contributed by atoms with Crippen LogP contribution in [0.1, 0.15) is 28.0 Å². The van der Waals surface area contributed by atoms with E-state index in [1.807, 2.05) is 4.98 Å². The number of rotatable bonds is 2. The van der Waals surface area contributed by atoms with Crippen molar-refractivity contribution < 1.29 is 18.3 Å². The van der Waals surface area contributed by atoms with Crippen molar-refractivity contribution in [2.45, 2.75) is 13.3 Å². The van der Waals surface area contributed by atoms with Gasteiger partial charge in [-0.15, -0.1) is 0 Å². The lowest BCUT2D eigenvalue weighted by molar-refractivity contribution is 0.0597. The fourth-order valence-corrected chi connectivity index (χ4v) is 1.14. The first-order chi connectivity index (χ1) is 6.97. The smallest absolute Gasteiger partial charge is 0.343 e. The summed E-state index contributed by atoms with van der Waals surface area (Å²) in [4.78, 5) is 24.2. The Morgan fingerprint density at radius 2 is 2.13 bits per heavy atom. The zero-order valence-electron chi connectivity index (χ0n) is 8.14. The van der Waals surface area contributed by atoms with Crippen molar-refractivity contribution in [2.24, 2.45) is 0 Å². The van der Waals surface area contributed by atoms with Gasteiger partial charge in [-0.25, -0.2) is 13.6 Å². The lowest BCUT2D eigenvalue weighted by Crippen LogP contribution is -2.21. The number of carbonyl (C=O) groups is 1. The van der Waals surface area contributed by atoms with E-state index in [-0.39, 0.29) is 11.1 Å². The molecule has 1 N–H and O–H groups in total. The number of aromatic nitrogens is 1. The molecular formula is C9H9F2NO3. The molecule has 0 aromatic carbocycles. The number of alkyl halides is 2. The number of nitrogens with one attached hydrogen (secondary N) is 1. The van der Waals surface area contributed by atoms with Gasteiger partial charge >= 0.3 is 5.97 Å². The van der Waals surface area contributed by atoms with Gasteiger partial charge in [0.05, 0.1) is 12.8 Å². The fraction of sp³-hybridized carbons (Fsp3) is 0.333. The highest BCUT2D eigenvalue weighted by Gasteiger charge is 2.17. The van der Waals surface area contributed by atoms with E-state index in [4.69, 9.17) is 0 Å². The number of esters is 1. The maximum Gasteiger partial charge on any atom is 0.343 e. The molecule has 0 fully saturated rings. The highest BCUT2D eigenvalue weighted by atomic mass is 19.3. The van der Waals surface area contributed by atoms with Gasteiger partial charge in [-0.3, -0.25) is 4.79 Å². The summed E-state index contributed by atoms with van der Waals surface area (Å²) in [7, 11) is 1.11. The molecule has 1 aromatic heterocycles. The number of hydrogen-bond acceptors (Lipinski definition) is 3. The van der Waals surface area contributed by atoms with E-state index in [0.29, 0.717) is 0 Å². The van der Waals surface area contributed by atoms with Crippen LogP contribution in [0.25, 0.3) is 0 Å². The lowest BCUT2D eigenvalue weighted by Gasteiger charge is -2.05. The average molecular weight is 217 g/mol. The van der Waals surface area contributed by atoms with Crippen molar-refractivity contribution in [1.82, 2.24) is 4.98 Å². The molecule has 0 spiro atoms. The van der Waals surface area contributed by atoms with Crippen LogP contribution >= 0.6 is 0 Å². The van der Waals surface area contributed by atoms with E-state index >= 15 is 0 Å². The maximum absolute atomic E-state index is 12.3. The second-order valence-electron chi connectivity index (χ2n) is 2.90. The van der Waals surface area contributed by atoms with Crippen LogP contribution in [0.15, 0.2) is 10.9 Å². The average Bonchev–Trinajstić information content (AvgIpc) is 2.19. The van der Waals surface area contributed by atoms with Crippen LogP contribution in [-0.2, 0) is 4.74 Å². The third kappa shape index (κ3) is 2.20. The summed E-state index contributed by atoms with van der Waals surface area (Å²) in [6.45, 7) is 1.38. The molecule has 0 saturated carbocycles. The molecule has 4 nitrogen and oxygen atoms in total. The van der Waals surface area contributed by atoms with Gasteiger partial charge in [0.2, 0.25) is 0 Å². The summed E-state index contributed by atoms with van der Waals surface area (Å²) in [6, 6.07) is 1.09. The monoisotopic (exact) mass is 217 g/mol. The molecule has 6 heteroatoms. The van der Waals surface area contributed by atoms with Crippen molar-refractivity contribution >= 4 is 5.97 Å². The molecule has 0 amide bonds. The minimum atomic E-state index is -2.77. The highest BCUT2D eigenvalue weighted by molar-refractivity contribution is 5.89. The Labute approximate surface area is 83.9 Å². The number of aryl methyl sites for hydroxylation is 1. The Balaban J connectivity index is 3.32. The van der Waals surface area contributed by atoms with Crippen LogP contribution in [0.3, 0.4) is 0 Å². The predicted molar refractivity (Wildman–Crippen MR) is 48.1 cm³/mol. The van der Waals surface area contributed by atoms with E-state index in [9.17, 15) is 18.4 Å². The van der Waals surface area contributed by atoms with Gasteiger partial charge in [0, 0.05) is 0 Å². The van der Waals surface area contributed by atoms with Crippen molar-refractivity contribution in [2.75, 3.05) is 7.11 Å². The molecule has 15 heavy (non-hydrogen) atoms. The molecule has 82 valence electrons. The first-order valence-corrected chi connectivity index (χ1v) is 4.07. The number of aromatic amines is 1. The van der Waals surface area contributed by atoms with Crippen LogP contribution in [-0.4, -0.2) is 18.1 Å². The normalized spacial score (nSPS) is 10.5. The molecule has 0 bridgehead atoms. The van der Waals surface area contributed by atoms with E-state index in [0.717, 1.165) is 13.2 Å². The number of hydrogen-bond donors (Lipinski definition) is 1. The quantitative estimate of drug-likeness (QED) is 0.762. The third-order valence-corrected chi connectivity index (χ3v) is 1.90. The molecule has 0 saturated heterocycles. The molecule has 0 aliphatic rings. The summed E-state index contributed by atoms with van der Waals surface area (Å²) in [5.74, 6) is -0.847. The van der Waals surface area contributed by atoms with Crippen LogP contribution < -0.4 is 5.56 Å². The van der Waals surface area contributed by atoms with Crippen LogP contribution in [0.5, 0.6) is 0 Å². The zero-order chi connectivity index (χ0) is 11.6. The predicted octanol–water partition coefficient (Wildman–Crippen LogP) is 1.41. The largest absolute Gasteiger partial charge is 0.465 e. The van der Waals surface area contributed by atoms with Gasteiger partial charge < -0.3 is 9.72 Å². The molecule has 0 aliphatic carbocycles. The topological polar surface area (TPSA) is 59.2 Å². The molecule has 1 heterocycles. The molecule has 1 aromatic rings. The van der Waals surface area contributed by atoms with E-state index < -0.39 is 23.6 Å². The van der Waals surface area contributed by atoms with Crippen molar-refractivity contribution in [3.8, 4) is 0 Å². The molecule has 1 rings (SSSR count). The number of halogens is 2. The number of pyridine rings is 1. The van der Waals surface area contributed by atoms with Gasteiger partial charge in [-0.2, -0.15) is 0 Å². The summed E-state index contributed by atoms with van der Waals surface area (Å²) < 4.78 is 29.0. The zero-order valence-corrected chi connectivity index (χ0v) is 8.14. The Morgan fingerprint density at radius 1 is 1.53 bits per heavy atom. The second-order valence-corrected chi connectivity index (χ2v) is 2.90. The highest BCUT2D eigenvalue weighted by Crippen LogP contribution is 2.19. The van der Waals surface area contributed by atoms with Gasteiger partial charge in [0.15, 0.2) is 0 Å². The van der Waals surface area contributed by atoms with Gasteiger partial charge in [-0.1, -0.05) is 0 Å². The molecule has 0 aliphatic heterocycles. The first kappa shape index (κ1) is 11.4. The van der Waals surface area contributed by atoms with Gasteiger partial charge in [0.25, 0.3) is 12.0 Å². The van der Waals surface area contributed by atoms with E-state index in [2.05, 4.69) is 4.74 Å². The van der Waals surface area contributed by atoms with E-state index in [1.54, 1.807) is 0 Å². The lowest BCUT2D eigenvalue weighted by atomic mass is 10.1. The van der Waals surface area contributed by atoms with Crippen molar-refractivity contribution in [3.05, 3.63) is 33.2 Å². The molecule has 0 unspecified atom stereocenters. The molecule has 0 atom stereocenters. The Hall–Kier alpha value is -1.72. The second kappa shape index (κ2) is 4.20. The van der Waals surface area contributed by atoms with E-state index in [1.165, 1.54) is 6.92 Å². The third-order valence-electron chi connectivity index (χ3n) is 1.90. The van der Waals surface area contributed by atoms with Crippen LogP contribution in [0.4, 0.5) is 8.78 Å². The van der Waals surface area contributed by atoms with Crippen molar-refractivity contribution in [1.29, 1.82) is 0 Å². The maximum atomic E-state index is 12.3. The SMILES string of the molecule is COC(=O)c1cc(C)c(C(F)F)[nH]c1=O. The number of methoxy groups -OCH3 is 1. The summed E-state index contributed by atoms with van der Waals surface area (Å²) in [5.41, 5.74) is -1.49.